The maximum Gasteiger partial charge on any atom is 0.250 e. The minimum absolute atomic E-state index is 0.316. The lowest BCUT2D eigenvalue weighted by molar-refractivity contribution is 0.581. The summed E-state index contributed by atoms with van der Waals surface area (Å²) in [6.45, 7) is 0.962. The number of sulfonamides is 1. The Morgan fingerprint density at radius 3 is 2.78 bits per heavy atom. The molecule has 0 bridgehead atoms. The lowest BCUT2D eigenvalue weighted by atomic mass is 10.3. The monoisotopic (exact) mass is 304 g/mol. The number of nitrogens with one attached hydrogen (secondary N) is 2. The van der Waals surface area contributed by atoms with Gasteiger partial charge in [0.15, 0.2) is 0 Å². The molecule has 0 radical (unpaired) electrons. The van der Waals surface area contributed by atoms with E-state index in [4.69, 9.17) is 11.6 Å². The summed E-state index contributed by atoms with van der Waals surface area (Å²) < 4.78 is 27.8. The zero-order valence-corrected chi connectivity index (χ0v) is 12.1. The molecule has 0 aliphatic carbocycles. The molecule has 2 aromatic rings. The average Bonchev–Trinajstić information content (AvgIpc) is 2.72. The van der Waals surface area contributed by atoms with Gasteiger partial charge in [-0.2, -0.15) is 0 Å². The first-order valence-electron chi connectivity index (χ1n) is 5.36. The molecule has 18 heavy (non-hydrogen) atoms. The van der Waals surface area contributed by atoms with Crippen molar-refractivity contribution in [2.75, 3.05) is 20.1 Å². The molecule has 0 amide bonds. The highest BCUT2D eigenvalue weighted by molar-refractivity contribution is 7.91. The van der Waals surface area contributed by atoms with Crippen molar-refractivity contribution < 1.29 is 8.42 Å². The number of hydrogen-bond acceptors (Lipinski definition) is 4. The fraction of sp³-hybridized carbons (Fsp3) is 0.273. The van der Waals surface area contributed by atoms with Crippen LogP contribution in [-0.4, -0.2) is 28.6 Å². The molecule has 0 aliphatic heterocycles. The van der Waals surface area contributed by atoms with E-state index in [0.29, 0.717) is 22.3 Å². The van der Waals surface area contributed by atoms with E-state index in [0.717, 1.165) is 10.1 Å². The van der Waals surface area contributed by atoms with Crippen molar-refractivity contribution in [1.82, 2.24) is 10.0 Å². The molecule has 0 atom stereocenters. The zero-order valence-electron chi connectivity index (χ0n) is 9.73. The van der Waals surface area contributed by atoms with Gasteiger partial charge in [-0.3, -0.25) is 0 Å². The normalized spacial score (nSPS) is 12.1. The molecule has 2 rings (SSSR count). The molecule has 2 N–H and O–H groups in total. The molecule has 0 spiro atoms. The number of fused-ring (bicyclic) bond motifs is 1. The van der Waals surface area contributed by atoms with Gasteiger partial charge in [-0.05, 0) is 36.7 Å². The van der Waals surface area contributed by atoms with Crippen LogP contribution in [0.1, 0.15) is 0 Å². The molecule has 7 heteroatoms. The zero-order chi connectivity index (χ0) is 13.2. The van der Waals surface area contributed by atoms with Gasteiger partial charge in [-0.25, -0.2) is 13.1 Å². The van der Waals surface area contributed by atoms with Crippen molar-refractivity contribution in [2.24, 2.45) is 0 Å². The SMILES string of the molecule is CNCCNS(=O)(=O)c1cc2cc(Cl)ccc2s1. The molecule has 1 aromatic heterocycles. The van der Waals surface area contributed by atoms with E-state index >= 15 is 0 Å². The Kier molecular flexibility index (Phi) is 4.24. The molecule has 4 nitrogen and oxygen atoms in total. The van der Waals surface area contributed by atoms with Crippen LogP contribution in [0.5, 0.6) is 0 Å². The Bertz CT molecular complexity index is 652. The number of likely N-dealkylation sites (N-methyl/N-ethyl adjacent to an activating group) is 1. The minimum Gasteiger partial charge on any atom is -0.318 e. The first kappa shape index (κ1) is 13.8. The maximum atomic E-state index is 12.0. The van der Waals surface area contributed by atoms with Crippen LogP contribution in [0.4, 0.5) is 0 Å². The van der Waals surface area contributed by atoms with E-state index in [1.165, 1.54) is 11.3 Å². The van der Waals surface area contributed by atoms with Crippen LogP contribution in [0.3, 0.4) is 0 Å². The van der Waals surface area contributed by atoms with Gasteiger partial charge >= 0.3 is 0 Å². The van der Waals surface area contributed by atoms with E-state index < -0.39 is 10.0 Å². The lowest BCUT2D eigenvalue weighted by Crippen LogP contribution is -2.29. The third-order valence-electron chi connectivity index (χ3n) is 2.39. The van der Waals surface area contributed by atoms with Crippen LogP contribution in [0.25, 0.3) is 10.1 Å². The predicted molar refractivity (Wildman–Crippen MR) is 76.0 cm³/mol. The number of halogens is 1. The fourth-order valence-corrected chi connectivity index (χ4v) is 4.14. The number of hydrogen-bond donors (Lipinski definition) is 2. The van der Waals surface area contributed by atoms with Crippen LogP contribution in [0.15, 0.2) is 28.5 Å². The Labute approximate surface area is 115 Å². The third kappa shape index (κ3) is 3.02. The number of rotatable bonds is 5. The minimum atomic E-state index is -3.42. The molecule has 0 fully saturated rings. The molecule has 0 saturated heterocycles. The molecule has 0 saturated carbocycles. The summed E-state index contributed by atoms with van der Waals surface area (Å²) in [7, 11) is -1.65. The summed E-state index contributed by atoms with van der Waals surface area (Å²) >= 11 is 7.12. The third-order valence-corrected chi connectivity index (χ3v) is 5.67. The van der Waals surface area contributed by atoms with Gasteiger partial charge < -0.3 is 5.32 Å². The highest BCUT2D eigenvalue weighted by Crippen LogP contribution is 2.30. The largest absolute Gasteiger partial charge is 0.318 e. The molecule has 0 unspecified atom stereocenters. The molecular weight excluding hydrogens is 292 g/mol. The summed E-state index contributed by atoms with van der Waals surface area (Å²) in [4.78, 5) is 0. The van der Waals surface area contributed by atoms with Gasteiger partial charge in [0.25, 0.3) is 0 Å². The second-order valence-corrected chi connectivity index (χ2v) is 7.26. The molecule has 1 heterocycles. The Morgan fingerprint density at radius 1 is 1.28 bits per heavy atom. The molecule has 1 aromatic carbocycles. The summed E-state index contributed by atoms with van der Waals surface area (Å²) in [5.74, 6) is 0. The summed E-state index contributed by atoms with van der Waals surface area (Å²) in [6, 6.07) is 6.99. The Balaban J connectivity index is 2.30. The van der Waals surface area contributed by atoms with Gasteiger partial charge in [0.05, 0.1) is 0 Å². The Hall–Kier alpha value is -0.660. The van der Waals surface area contributed by atoms with Crippen molar-refractivity contribution in [3.05, 3.63) is 29.3 Å². The predicted octanol–water partition coefficient (Wildman–Crippen LogP) is 2.05. The van der Waals surface area contributed by atoms with E-state index in [9.17, 15) is 8.42 Å². The lowest BCUT2D eigenvalue weighted by Gasteiger charge is -2.03. The van der Waals surface area contributed by atoms with Crippen molar-refractivity contribution in [3.63, 3.8) is 0 Å². The smallest absolute Gasteiger partial charge is 0.250 e. The van der Waals surface area contributed by atoms with Gasteiger partial charge in [0.1, 0.15) is 4.21 Å². The number of benzene rings is 1. The van der Waals surface area contributed by atoms with Crippen molar-refractivity contribution in [2.45, 2.75) is 4.21 Å². The second kappa shape index (κ2) is 5.54. The van der Waals surface area contributed by atoms with E-state index in [1.54, 1.807) is 25.2 Å². The van der Waals surface area contributed by atoms with Crippen molar-refractivity contribution in [1.29, 1.82) is 0 Å². The van der Waals surface area contributed by atoms with Crippen LogP contribution in [-0.2, 0) is 10.0 Å². The van der Waals surface area contributed by atoms with Crippen LogP contribution < -0.4 is 10.0 Å². The van der Waals surface area contributed by atoms with Crippen molar-refractivity contribution >= 4 is 43.0 Å². The number of thiophene rings is 1. The van der Waals surface area contributed by atoms with Gasteiger partial charge in [-0.15, -0.1) is 11.3 Å². The highest BCUT2D eigenvalue weighted by atomic mass is 35.5. The quantitative estimate of drug-likeness (QED) is 0.831. The highest BCUT2D eigenvalue weighted by Gasteiger charge is 2.16. The molecular formula is C11H13ClN2O2S2. The summed E-state index contributed by atoms with van der Waals surface area (Å²) in [6.07, 6.45) is 0. The second-order valence-electron chi connectivity index (χ2n) is 3.75. The standard InChI is InChI=1S/C11H13ClN2O2S2/c1-13-4-5-14-18(15,16)11-7-8-6-9(12)2-3-10(8)17-11/h2-3,6-7,13-14H,4-5H2,1H3. The van der Waals surface area contributed by atoms with E-state index in [1.807, 2.05) is 6.07 Å². The first-order chi connectivity index (χ1) is 8.53. The maximum absolute atomic E-state index is 12.0. The summed E-state index contributed by atoms with van der Waals surface area (Å²) in [5.41, 5.74) is 0. The van der Waals surface area contributed by atoms with E-state index in [2.05, 4.69) is 10.0 Å². The molecule has 0 aliphatic rings. The van der Waals surface area contributed by atoms with Crippen LogP contribution in [0, 0.1) is 0 Å². The van der Waals surface area contributed by atoms with Gasteiger partial charge in [0.2, 0.25) is 10.0 Å². The first-order valence-corrected chi connectivity index (χ1v) is 8.04. The average molecular weight is 305 g/mol. The van der Waals surface area contributed by atoms with Crippen LogP contribution >= 0.6 is 22.9 Å². The van der Waals surface area contributed by atoms with Gasteiger partial charge in [0, 0.05) is 22.8 Å². The van der Waals surface area contributed by atoms with Crippen molar-refractivity contribution in [3.8, 4) is 0 Å². The molecule has 98 valence electrons. The van der Waals surface area contributed by atoms with E-state index in [-0.39, 0.29) is 0 Å². The van der Waals surface area contributed by atoms with Gasteiger partial charge in [-0.1, -0.05) is 11.6 Å². The topological polar surface area (TPSA) is 58.2 Å². The summed E-state index contributed by atoms with van der Waals surface area (Å²) in [5, 5.41) is 4.34. The fourth-order valence-electron chi connectivity index (χ4n) is 1.50. The van der Waals surface area contributed by atoms with Crippen LogP contribution in [0.2, 0.25) is 5.02 Å². The Morgan fingerprint density at radius 2 is 2.06 bits per heavy atom.